The van der Waals surface area contributed by atoms with E-state index in [0.29, 0.717) is 6.54 Å². The summed E-state index contributed by atoms with van der Waals surface area (Å²) in [4.78, 5) is 13.1. The maximum Gasteiger partial charge on any atom is 0.155 e. The van der Waals surface area contributed by atoms with E-state index < -0.39 is 0 Å². The van der Waals surface area contributed by atoms with Crippen LogP contribution in [0.15, 0.2) is 67.3 Å². The Bertz CT molecular complexity index is 995. The quantitative estimate of drug-likeness (QED) is 0.611. The molecule has 5 nitrogen and oxygen atoms in total. The number of benzene rings is 1. The highest BCUT2D eigenvalue weighted by Gasteiger charge is 2.08. The van der Waals surface area contributed by atoms with Crippen LogP contribution in [0, 0.1) is 0 Å². The normalized spacial score (nSPS) is 10.9. The second-order valence-electron chi connectivity index (χ2n) is 5.30. The molecule has 0 amide bonds. The Kier molecular flexibility index (Phi) is 3.84. The minimum Gasteiger partial charge on any atom is -0.366 e. The molecule has 6 heteroatoms. The van der Waals surface area contributed by atoms with Crippen molar-refractivity contribution >= 4 is 23.1 Å². The van der Waals surface area contributed by atoms with E-state index in [0.717, 1.165) is 33.4 Å². The number of hydrogen-bond acceptors (Lipinski definition) is 4. The fraction of sp³-hybridized carbons (Fsp3) is 0.0556. The lowest BCUT2D eigenvalue weighted by Crippen LogP contribution is -2.02. The van der Waals surface area contributed by atoms with Gasteiger partial charge in [0.05, 0.1) is 23.8 Å². The summed E-state index contributed by atoms with van der Waals surface area (Å²) < 4.78 is 1.97. The van der Waals surface area contributed by atoms with Crippen molar-refractivity contribution in [2.45, 2.75) is 6.54 Å². The van der Waals surface area contributed by atoms with Gasteiger partial charge in [-0.3, -0.25) is 9.38 Å². The lowest BCUT2D eigenvalue weighted by Gasteiger charge is -2.09. The maximum absolute atomic E-state index is 6.19. The van der Waals surface area contributed by atoms with Gasteiger partial charge in [0.2, 0.25) is 0 Å². The van der Waals surface area contributed by atoms with Crippen LogP contribution in [-0.2, 0) is 6.54 Å². The van der Waals surface area contributed by atoms with Gasteiger partial charge in [0.25, 0.3) is 0 Å². The molecule has 0 fully saturated rings. The number of nitrogens with one attached hydrogen (secondary N) is 1. The van der Waals surface area contributed by atoms with Gasteiger partial charge in [0.15, 0.2) is 5.65 Å². The van der Waals surface area contributed by atoms with Crippen molar-refractivity contribution in [2.24, 2.45) is 0 Å². The van der Waals surface area contributed by atoms with Crippen molar-refractivity contribution in [3.63, 3.8) is 0 Å². The first-order valence-corrected chi connectivity index (χ1v) is 7.91. The minimum absolute atomic E-state index is 0.618. The molecular weight excluding hydrogens is 322 g/mol. The summed E-state index contributed by atoms with van der Waals surface area (Å²) in [5.74, 6) is 0.788. The molecule has 1 N–H and O–H groups in total. The maximum atomic E-state index is 6.19. The summed E-state index contributed by atoms with van der Waals surface area (Å²) in [6.07, 6.45) is 7.14. The zero-order valence-electron chi connectivity index (χ0n) is 12.7. The van der Waals surface area contributed by atoms with Crippen molar-refractivity contribution in [1.82, 2.24) is 19.4 Å². The molecule has 0 aliphatic carbocycles. The third-order valence-corrected chi connectivity index (χ3v) is 4.12. The van der Waals surface area contributed by atoms with E-state index in [9.17, 15) is 0 Å². The molecular formula is C18H14ClN5. The average molecular weight is 336 g/mol. The number of halogens is 1. The van der Waals surface area contributed by atoms with Crippen LogP contribution in [0.2, 0.25) is 5.02 Å². The van der Waals surface area contributed by atoms with Crippen molar-refractivity contribution < 1.29 is 0 Å². The van der Waals surface area contributed by atoms with Crippen LogP contribution in [0.1, 0.15) is 5.56 Å². The Balaban J connectivity index is 1.61. The van der Waals surface area contributed by atoms with Gasteiger partial charge in [0.1, 0.15) is 5.82 Å². The third-order valence-electron chi connectivity index (χ3n) is 3.75. The Morgan fingerprint density at radius 2 is 1.96 bits per heavy atom. The van der Waals surface area contributed by atoms with Gasteiger partial charge in [-0.15, -0.1) is 0 Å². The molecule has 0 atom stereocenters. The second-order valence-corrected chi connectivity index (χ2v) is 5.71. The Hall–Kier alpha value is -2.92. The van der Waals surface area contributed by atoms with Gasteiger partial charge in [-0.05, 0) is 23.8 Å². The van der Waals surface area contributed by atoms with Gasteiger partial charge in [-0.2, -0.15) is 0 Å². The Labute approximate surface area is 144 Å². The summed E-state index contributed by atoms with van der Waals surface area (Å²) in [7, 11) is 0. The largest absolute Gasteiger partial charge is 0.366 e. The first-order chi connectivity index (χ1) is 11.8. The van der Waals surface area contributed by atoms with Gasteiger partial charge >= 0.3 is 0 Å². The van der Waals surface area contributed by atoms with E-state index in [-0.39, 0.29) is 0 Å². The molecule has 0 aliphatic rings. The Morgan fingerprint density at radius 3 is 2.88 bits per heavy atom. The lowest BCUT2D eigenvalue weighted by atomic mass is 10.2. The number of fused-ring (bicyclic) bond motifs is 1. The smallest absolute Gasteiger partial charge is 0.155 e. The molecule has 0 spiro atoms. The van der Waals surface area contributed by atoms with Crippen LogP contribution in [0.25, 0.3) is 17.0 Å². The summed E-state index contributed by atoms with van der Waals surface area (Å²) in [5.41, 5.74) is 3.60. The molecule has 0 saturated carbocycles. The van der Waals surface area contributed by atoms with E-state index >= 15 is 0 Å². The molecule has 0 radical (unpaired) electrons. The van der Waals surface area contributed by atoms with E-state index in [1.54, 1.807) is 18.6 Å². The summed E-state index contributed by atoms with van der Waals surface area (Å²) in [6.45, 7) is 0.618. The topological polar surface area (TPSA) is 55.1 Å². The number of pyridine rings is 1. The first kappa shape index (κ1) is 14.7. The van der Waals surface area contributed by atoms with E-state index in [4.69, 9.17) is 11.6 Å². The fourth-order valence-corrected chi connectivity index (χ4v) is 2.74. The van der Waals surface area contributed by atoms with Crippen molar-refractivity contribution in [1.29, 1.82) is 0 Å². The fourth-order valence-electron chi connectivity index (χ4n) is 2.54. The van der Waals surface area contributed by atoms with Gasteiger partial charge < -0.3 is 5.32 Å². The molecule has 0 unspecified atom stereocenters. The van der Waals surface area contributed by atoms with Gasteiger partial charge in [-0.1, -0.05) is 35.9 Å². The molecule has 3 heterocycles. The van der Waals surface area contributed by atoms with Crippen molar-refractivity contribution in [2.75, 3.05) is 5.32 Å². The highest BCUT2D eigenvalue weighted by molar-refractivity contribution is 6.31. The van der Waals surface area contributed by atoms with E-state index in [1.165, 1.54) is 0 Å². The molecule has 0 aliphatic heterocycles. The monoisotopic (exact) mass is 335 g/mol. The van der Waals surface area contributed by atoms with Crippen LogP contribution in [-0.4, -0.2) is 19.4 Å². The number of aromatic nitrogens is 4. The minimum atomic E-state index is 0.618. The molecule has 0 saturated heterocycles. The van der Waals surface area contributed by atoms with Gasteiger partial charge in [0, 0.05) is 24.0 Å². The predicted molar refractivity (Wildman–Crippen MR) is 95.0 cm³/mol. The zero-order chi connectivity index (χ0) is 16.4. The molecule has 0 bridgehead atoms. The average Bonchev–Trinajstić information content (AvgIpc) is 3.05. The number of hydrogen-bond donors (Lipinski definition) is 1. The molecule has 118 valence electrons. The Morgan fingerprint density at radius 1 is 1.04 bits per heavy atom. The summed E-state index contributed by atoms with van der Waals surface area (Å²) in [6, 6.07) is 13.6. The van der Waals surface area contributed by atoms with Gasteiger partial charge in [-0.25, -0.2) is 9.97 Å². The van der Waals surface area contributed by atoms with E-state index in [2.05, 4.69) is 20.3 Å². The molecule has 4 aromatic rings. The van der Waals surface area contributed by atoms with Crippen LogP contribution in [0.3, 0.4) is 0 Å². The third kappa shape index (κ3) is 2.81. The number of anilines is 1. The van der Waals surface area contributed by atoms with Crippen LogP contribution >= 0.6 is 11.6 Å². The number of imidazole rings is 1. The number of rotatable bonds is 4. The number of nitrogens with zero attached hydrogens (tertiary/aromatic N) is 4. The van der Waals surface area contributed by atoms with Crippen LogP contribution in [0.5, 0.6) is 0 Å². The molecule has 3 aromatic heterocycles. The highest BCUT2D eigenvalue weighted by atomic mass is 35.5. The van der Waals surface area contributed by atoms with Crippen LogP contribution in [0.4, 0.5) is 5.82 Å². The second kappa shape index (κ2) is 6.29. The first-order valence-electron chi connectivity index (χ1n) is 7.53. The SMILES string of the molecule is Clc1ccccc1CNc1cccc(-c2cnc3cnccn23)n1. The van der Waals surface area contributed by atoms with Crippen molar-refractivity contribution in [3.05, 3.63) is 77.8 Å². The lowest BCUT2D eigenvalue weighted by molar-refractivity contribution is 1.09. The van der Waals surface area contributed by atoms with Crippen molar-refractivity contribution in [3.8, 4) is 11.4 Å². The predicted octanol–water partition coefficient (Wildman–Crippen LogP) is 4.06. The molecule has 4 rings (SSSR count). The molecule has 24 heavy (non-hydrogen) atoms. The highest BCUT2D eigenvalue weighted by Crippen LogP contribution is 2.21. The standard InChI is InChI=1S/C18H14ClN5/c19-14-5-2-1-4-13(14)10-21-17-7-3-6-15(23-17)16-11-22-18-12-20-8-9-24(16)18/h1-9,11-12H,10H2,(H,21,23). The summed E-state index contributed by atoms with van der Waals surface area (Å²) >= 11 is 6.19. The van der Waals surface area contributed by atoms with Crippen LogP contribution < -0.4 is 5.32 Å². The molecule has 1 aromatic carbocycles. The van der Waals surface area contributed by atoms with E-state index in [1.807, 2.05) is 53.1 Å². The zero-order valence-corrected chi connectivity index (χ0v) is 13.5. The summed E-state index contributed by atoms with van der Waals surface area (Å²) in [5, 5.41) is 4.06.